The molecule has 3 aromatic rings. The van der Waals surface area contributed by atoms with Gasteiger partial charge >= 0.3 is 0 Å². The van der Waals surface area contributed by atoms with Gasteiger partial charge in [-0.15, -0.1) is 0 Å². The SMILES string of the molecule is O=C(c1ccn(-c2ccccc2)n1)N1CCN(S(=O)(=O)c2ccc(F)c(F)c2F)CC1. The molecule has 0 atom stereocenters. The van der Waals surface area contributed by atoms with Gasteiger partial charge in [0.1, 0.15) is 4.90 Å². The molecular formula is C20H17F3N4O3S. The summed E-state index contributed by atoms with van der Waals surface area (Å²) in [6, 6.07) is 12.0. The Balaban J connectivity index is 1.46. The van der Waals surface area contributed by atoms with Gasteiger partial charge < -0.3 is 4.90 Å². The number of amides is 1. The summed E-state index contributed by atoms with van der Waals surface area (Å²) in [7, 11) is -4.38. The normalized spacial score (nSPS) is 15.3. The molecule has 11 heteroatoms. The zero-order valence-corrected chi connectivity index (χ0v) is 16.9. The predicted molar refractivity (Wildman–Crippen MR) is 105 cm³/mol. The quantitative estimate of drug-likeness (QED) is 0.573. The third kappa shape index (κ3) is 3.93. The summed E-state index contributed by atoms with van der Waals surface area (Å²) in [5.74, 6) is -5.44. The molecule has 1 saturated heterocycles. The van der Waals surface area contributed by atoms with Crippen molar-refractivity contribution < 1.29 is 26.4 Å². The third-order valence-corrected chi connectivity index (χ3v) is 6.89. The zero-order chi connectivity index (χ0) is 22.2. The number of carbonyl (C=O) groups excluding carboxylic acids is 1. The van der Waals surface area contributed by atoms with Crippen molar-refractivity contribution in [3.05, 3.63) is 77.9 Å². The van der Waals surface area contributed by atoms with E-state index in [4.69, 9.17) is 0 Å². The first-order chi connectivity index (χ1) is 14.8. The summed E-state index contributed by atoms with van der Waals surface area (Å²) in [5.41, 5.74) is 0.984. The number of carbonyl (C=O) groups is 1. The molecule has 2 aromatic carbocycles. The molecule has 0 unspecified atom stereocenters. The van der Waals surface area contributed by atoms with Crippen LogP contribution in [0.15, 0.2) is 59.6 Å². The van der Waals surface area contributed by atoms with Crippen molar-refractivity contribution >= 4 is 15.9 Å². The van der Waals surface area contributed by atoms with Crippen LogP contribution in [0.1, 0.15) is 10.5 Å². The Morgan fingerprint density at radius 3 is 2.23 bits per heavy atom. The smallest absolute Gasteiger partial charge is 0.274 e. The number of para-hydroxylation sites is 1. The number of rotatable bonds is 4. The number of nitrogens with zero attached hydrogens (tertiary/aromatic N) is 4. The van der Waals surface area contributed by atoms with E-state index in [0.717, 1.165) is 9.99 Å². The van der Waals surface area contributed by atoms with Crippen LogP contribution in [0.2, 0.25) is 0 Å². The molecule has 1 fully saturated rings. The summed E-state index contributed by atoms with van der Waals surface area (Å²) in [6.07, 6.45) is 1.65. The Morgan fingerprint density at radius 2 is 1.55 bits per heavy atom. The fourth-order valence-corrected chi connectivity index (χ4v) is 4.78. The van der Waals surface area contributed by atoms with Crippen LogP contribution < -0.4 is 0 Å². The molecule has 0 radical (unpaired) electrons. The van der Waals surface area contributed by atoms with Gasteiger partial charge in [-0.2, -0.15) is 9.40 Å². The second-order valence-electron chi connectivity index (χ2n) is 6.85. The van der Waals surface area contributed by atoms with Crippen LogP contribution in [0.25, 0.3) is 5.69 Å². The van der Waals surface area contributed by atoms with E-state index in [-0.39, 0.29) is 37.8 Å². The second-order valence-corrected chi connectivity index (χ2v) is 8.76. The lowest BCUT2D eigenvalue weighted by atomic mass is 10.3. The van der Waals surface area contributed by atoms with Gasteiger partial charge in [0.2, 0.25) is 10.0 Å². The summed E-state index contributed by atoms with van der Waals surface area (Å²) in [4.78, 5) is 13.2. The third-order valence-electron chi connectivity index (χ3n) is 4.97. The summed E-state index contributed by atoms with van der Waals surface area (Å²) < 4.78 is 68.4. The van der Waals surface area contributed by atoms with Crippen molar-refractivity contribution in [3.8, 4) is 5.69 Å². The maximum atomic E-state index is 14.0. The van der Waals surface area contributed by atoms with E-state index < -0.39 is 32.4 Å². The van der Waals surface area contributed by atoms with Crippen molar-refractivity contribution in [1.29, 1.82) is 0 Å². The Bertz CT molecular complexity index is 1220. The molecule has 31 heavy (non-hydrogen) atoms. The average Bonchev–Trinajstić information content (AvgIpc) is 3.28. The standard InChI is InChI=1S/C20H17F3N4O3S/c21-15-6-7-17(19(23)18(15)22)31(29,30)26-12-10-25(11-13-26)20(28)16-8-9-27(24-16)14-4-2-1-3-5-14/h1-9H,10-13H2. The van der Waals surface area contributed by atoms with Crippen LogP contribution in [0.4, 0.5) is 13.2 Å². The lowest BCUT2D eigenvalue weighted by Crippen LogP contribution is -2.50. The van der Waals surface area contributed by atoms with Gasteiger partial charge in [0.25, 0.3) is 5.91 Å². The number of sulfonamides is 1. The Morgan fingerprint density at radius 1 is 0.871 bits per heavy atom. The van der Waals surface area contributed by atoms with Gasteiger partial charge in [-0.25, -0.2) is 26.3 Å². The van der Waals surface area contributed by atoms with Gasteiger partial charge in [-0.3, -0.25) is 4.79 Å². The monoisotopic (exact) mass is 450 g/mol. The van der Waals surface area contributed by atoms with Crippen molar-refractivity contribution in [2.75, 3.05) is 26.2 Å². The number of aromatic nitrogens is 2. The molecule has 1 aliphatic rings. The molecule has 7 nitrogen and oxygen atoms in total. The van der Waals surface area contributed by atoms with E-state index >= 15 is 0 Å². The molecule has 2 heterocycles. The van der Waals surface area contributed by atoms with Crippen LogP contribution >= 0.6 is 0 Å². The predicted octanol–water partition coefficient (Wildman–Crippen LogP) is 2.44. The second kappa shape index (κ2) is 8.16. The van der Waals surface area contributed by atoms with Crippen LogP contribution in [0.3, 0.4) is 0 Å². The first kappa shape index (κ1) is 21.1. The Kier molecular flexibility index (Phi) is 5.54. The molecule has 1 amide bonds. The Labute approximate surface area is 176 Å². The van der Waals surface area contributed by atoms with E-state index in [1.54, 1.807) is 16.9 Å². The number of hydrogen-bond donors (Lipinski definition) is 0. The van der Waals surface area contributed by atoms with Gasteiger partial charge in [0.05, 0.1) is 5.69 Å². The van der Waals surface area contributed by atoms with Crippen LogP contribution in [0.5, 0.6) is 0 Å². The van der Waals surface area contributed by atoms with Crippen LogP contribution in [-0.2, 0) is 10.0 Å². The minimum absolute atomic E-state index is 0.0432. The average molecular weight is 450 g/mol. The molecule has 0 saturated carbocycles. The first-order valence-corrected chi connectivity index (χ1v) is 10.8. The minimum atomic E-state index is -4.38. The molecule has 0 N–H and O–H groups in total. The fourth-order valence-electron chi connectivity index (χ4n) is 3.30. The van der Waals surface area contributed by atoms with Crippen LogP contribution in [-0.4, -0.2) is 59.5 Å². The molecule has 0 spiro atoms. The van der Waals surface area contributed by atoms with Gasteiger partial charge in [-0.05, 0) is 30.3 Å². The largest absolute Gasteiger partial charge is 0.335 e. The highest BCUT2D eigenvalue weighted by Gasteiger charge is 2.34. The van der Waals surface area contributed by atoms with E-state index in [9.17, 15) is 26.4 Å². The minimum Gasteiger partial charge on any atom is -0.335 e. The maximum absolute atomic E-state index is 14.0. The van der Waals surface area contributed by atoms with Gasteiger partial charge in [0.15, 0.2) is 23.1 Å². The highest BCUT2D eigenvalue weighted by Crippen LogP contribution is 2.24. The van der Waals surface area contributed by atoms with Gasteiger partial charge in [0, 0.05) is 32.4 Å². The van der Waals surface area contributed by atoms with E-state index in [1.165, 1.54) is 4.90 Å². The van der Waals surface area contributed by atoms with E-state index in [1.807, 2.05) is 30.3 Å². The number of halogens is 3. The van der Waals surface area contributed by atoms with Crippen molar-refractivity contribution in [2.45, 2.75) is 4.90 Å². The molecule has 0 bridgehead atoms. The summed E-state index contributed by atoms with van der Waals surface area (Å²) >= 11 is 0. The van der Waals surface area contributed by atoms with Crippen LogP contribution in [0, 0.1) is 17.5 Å². The lowest BCUT2D eigenvalue weighted by molar-refractivity contribution is 0.0691. The molecule has 1 aromatic heterocycles. The number of piperazine rings is 1. The molecule has 0 aliphatic carbocycles. The fraction of sp³-hybridized carbons (Fsp3) is 0.200. The molecule has 1 aliphatic heterocycles. The van der Waals surface area contributed by atoms with Crippen molar-refractivity contribution in [3.63, 3.8) is 0 Å². The van der Waals surface area contributed by atoms with Crippen molar-refractivity contribution in [1.82, 2.24) is 19.0 Å². The highest BCUT2D eigenvalue weighted by molar-refractivity contribution is 7.89. The zero-order valence-electron chi connectivity index (χ0n) is 16.1. The van der Waals surface area contributed by atoms with E-state index in [0.29, 0.717) is 12.1 Å². The molecular weight excluding hydrogens is 433 g/mol. The maximum Gasteiger partial charge on any atom is 0.274 e. The summed E-state index contributed by atoms with van der Waals surface area (Å²) in [5, 5.41) is 4.27. The topological polar surface area (TPSA) is 75.5 Å². The van der Waals surface area contributed by atoms with E-state index in [2.05, 4.69) is 5.10 Å². The molecule has 162 valence electrons. The Hall–Kier alpha value is -3.18. The summed E-state index contributed by atoms with van der Waals surface area (Å²) in [6.45, 7) is -0.152. The highest BCUT2D eigenvalue weighted by atomic mass is 32.2. The number of benzene rings is 2. The number of hydrogen-bond acceptors (Lipinski definition) is 4. The van der Waals surface area contributed by atoms with Crippen molar-refractivity contribution in [2.24, 2.45) is 0 Å². The molecule has 4 rings (SSSR count). The lowest BCUT2D eigenvalue weighted by Gasteiger charge is -2.33. The first-order valence-electron chi connectivity index (χ1n) is 9.33. The van der Waals surface area contributed by atoms with Gasteiger partial charge in [-0.1, -0.05) is 18.2 Å².